The molecule has 1 aliphatic rings. The molecule has 1 aromatic rings. The summed E-state index contributed by atoms with van der Waals surface area (Å²) in [6.07, 6.45) is 0.389. The van der Waals surface area contributed by atoms with Crippen molar-refractivity contribution in [1.29, 1.82) is 0 Å². The van der Waals surface area contributed by atoms with Crippen LogP contribution in [0.5, 0.6) is 5.75 Å². The fourth-order valence-electron chi connectivity index (χ4n) is 2.15. The van der Waals surface area contributed by atoms with E-state index in [2.05, 4.69) is 0 Å². The Balaban J connectivity index is 1.95. The summed E-state index contributed by atoms with van der Waals surface area (Å²) in [5.74, 6) is -0.0979. The van der Waals surface area contributed by atoms with Crippen LogP contribution in [0.2, 0.25) is 0 Å². The van der Waals surface area contributed by atoms with Crippen LogP contribution in [0.3, 0.4) is 0 Å². The fraction of sp³-hybridized carbons (Fsp3) is 0.429. The summed E-state index contributed by atoms with van der Waals surface area (Å²) in [7, 11) is 1.72. The van der Waals surface area contributed by atoms with Crippen LogP contribution < -0.4 is 5.73 Å². The monoisotopic (exact) mass is 277 g/mol. The van der Waals surface area contributed by atoms with Gasteiger partial charge in [-0.3, -0.25) is 9.59 Å². The average Bonchev–Trinajstić information content (AvgIpc) is 2.43. The van der Waals surface area contributed by atoms with Gasteiger partial charge in [0.15, 0.2) is 0 Å². The second kappa shape index (κ2) is 5.92. The number of rotatable bonds is 3. The molecule has 20 heavy (non-hydrogen) atoms. The zero-order valence-electron chi connectivity index (χ0n) is 11.5. The molecule has 1 aromatic carbocycles. The number of carbonyl (C=O) groups excluding carboxylic acids is 2. The predicted octanol–water partition coefficient (Wildman–Crippen LogP) is -0.437. The van der Waals surface area contributed by atoms with Gasteiger partial charge in [-0.2, -0.15) is 0 Å². The van der Waals surface area contributed by atoms with Crippen LogP contribution >= 0.6 is 0 Å². The molecule has 1 heterocycles. The van der Waals surface area contributed by atoms with Crippen LogP contribution in [0.1, 0.15) is 5.56 Å². The number of hydrogen-bond donors (Lipinski definition) is 2. The molecule has 2 amide bonds. The van der Waals surface area contributed by atoms with E-state index >= 15 is 0 Å². The summed E-state index contributed by atoms with van der Waals surface area (Å²) in [5.41, 5.74) is 6.80. The van der Waals surface area contributed by atoms with Crippen molar-refractivity contribution in [1.82, 2.24) is 9.80 Å². The molecule has 108 valence electrons. The molecular weight excluding hydrogens is 258 g/mol. The van der Waals surface area contributed by atoms with Crippen LogP contribution in [-0.4, -0.2) is 59.4 Å². The van der Waals surface area contributed by atoms with Crippen molar-refractivity contribution in [3.8, 4) is 5.75 Å². The number of nitrogens with zero attached hydrogens (tertiary/aromatic N) is 2. The number of aromatic hydroxyl groups is 1. The molecular formula is C14H19N3O3. The zero-order valence-corrected chi connectivity index (χ0v) is 11.5. The Bertz CT molecular complexity index is 501. The second-order valence-corrected chi connectivity index (χ2v) is 5.05. The number of amides is 2. The molecule has 0 spiro atoms. The molecule has 0 aliphatic carbocycles. The highest BCUT2D eigenvalue weighted by atomic mass is 16.3. The van der Waals surface area contributed by atoms with E-state index in [0.29, 0.717) is 19.5 Å². The minimum atomic E-state index is -0.671. The van der Waals surface area contributed by atoms with E-state index in [1.807, 2.05) is 0 Å². The molecule has 1 atom stereocenters. The first-order chi connectivity index (χ1) is 9.47. The summed E-state index contributed by atoms with van der Waals surface area (Å²) in [6, 6.07) is 5.92. The Kier molecular flexibility index (Phi) is 4.24. The molecule has 6 nitrogen and oxygen atoms in total. The summed E-state index contributed by atoms with van der Waals surface area (Å²) in [6.45, 7) is 1.15. The van der Waals surface area contributed by atoms with Gasteiger partial charge in [0, 0.05) is 20.1 Å². The van der Waals surface area contributed by atoms with E-state index in [-0.39, 0.29) is 24.1 Å². The minimum absolute atomic E-state index is 0.0681. The minimum Gasteiger partial charge on any atom is -0.508 e. The van der Waals surface area contributed by atoms with Crippen molar-refractivity contribution in [2.75, 3.05) is 26.7 Å². The number of phenols is 1. The summed E-state index contributed by atoms with van der Waals surface area (Å²) in [5, 5.41) is 9.21. The quantitative estimate of drug-likeness (QED) is 0.784. The molecule has 3 N–H and O–H groups in total. The summed E-state index contributed by atoms with van der Waals surface area (Å²) in [4.78, 5) is 26.9. The highest BCUT2D eigenvalue weighted by Gasteiger charge is 2.28. The maximum absolute atomic E-state index is 12.2. The maximum atomic E-state index is 12.2. The van der Waals surface area contributed by atoms with Gasteiger partial charge in [-0.05, 0) is 24.1 Å². The molecule has 0 radical (unpaired) electrons. The van der Waals surface area contributed by atoms with Gasteiger partial charge in [0.1, 0.15) is 5.75 Å². The van der Waals surface area contributed by atoms with Crippen LogP contribution in [0, 0.1) is 0 Å². The summed E-state index contributed by atoms with van der Waals surface area (Å²) >= 11 is 0. The predicted molar refractivity (Wildman–Crippen MR) is 74.0 cm³/mol. The molecule has 1 fully saturated rings. The highest BCUT2D eigenvalue weighted by molar-refractivity contribution is 5.88. The third-order valence-corrected chi connectivity index (χ3v) is 3.48. The number of hydrogen-bond acceptors (Lipinski definition) is 4. The summed E-state index contributed by atoms with van der Waals surface area (Å²) < 4.78 is 0. The van der Waals surface area contributed by atoms with E-state index in [1.54, 1.807) is 36.2 Å². The first-order valence-electron chi connectivity index (χ1n) is 6.53. The van der Waals surface area contributed by atoms with Crippen LogP contribution in [0.15, 0.2) is 24.3 Å². The normalized spacial score (nSPS) is 17.2. The molecule has 6 heteroatoms. The number of benzene rings is 1. The van der Waals surface area contributed by atoms with Crippen molar-refractivity contribution in [3.63, 3.8) is 0 Å². The Morgan fingerprint density at radius 3 is 2.60 bits per heavy atom. The standard InChI is InChI=1S/C14H19N3O3/c1-16-6-7-17(9-13(16)19)14(20)12(15)8-10-2-4-11(18)5-3-10/h2-5,12,18H,6-9,15H2,1H3/t12-/m1/s1. The molecule has 0 saturated carbocycles. The zero-order chi connectivity index (χ0) is 14.7. The van der Waals surface area contributed by atoms with Gasteiger partial charge in [0.2, 0.25) is 11.8 Å². The smallest absolute Gasteiger partial charge is 0.241 e. The molecule has 2 rings (SSSR count). The van der Waals surface area contributed by atoms with Gasteiger partial charge >= 0.3 is 0 Å². The van der Waals surface area contributed by atoms with Gasteiger partial charge in [0.05, 0.1) is 12.6 Å². The third-order valence-electron chi connectivity index (χ3n) is 3.48. The van der Waals surface area contributed by atoms with Crippen molar-refractivity contribution >= 4 is 11.8 Å². The van der Waals surface area contributed by atoms with Crippen LogP contribution in [0.4, 0.5) is 0 Å². The first kappa shape index (κ1) is 14.3. The van der Waals surface area contributed by atoms with Gasteiger partial charge in [0.25, 0.3) is 0 Å². The van der Waals surface area contributed by atoms with E-state index in [9.17, 15) is 14.7 Å². The highest BCUT2D eigenvalue weighted by Crippen LogP contribution is 2.12. The Morgan fingerprint density at radius 1 is 1.35 bits per heavy atom. The lowest BCUT2D eigenvalue weighted by Crippen LogP contribution is -2.55. The SMILES string of the molecule is CN1CCN(C(=O)[C@H](N)Cc2ccc(O)cc2)CC1=O. The van der Waals surface area contributed by atoms with Crippen molar-refractivity contribution in [2.24, 2.45) is 5.73 Å². The molecule has 1 aliphatic heterocycles. The first-order valence-corrected chi connectivity index (χ1v) is 6.53. The second-order valence-electron chi connectivity index (χ2n) is 5.05. The average molecular weight is 277 g/mol. The van der Waals surface area contributed by atoms with Gasteiger partial charge in [-0.25, -0.2) is 0 Å². The van der Waals surface area contributed by atoms with Crippen molar-refractivity contribution in [2.45, 2.75) is 12.5 Å². The Labute approximate surface area is 117 Å². The molecule has 0 aromatic heterocycles. The lowest BCUT2D eigenvalue weighted by molar-refractivity contribution is -0.144. The molecule has 0 bridgehead atoms. The Morgan fingerprint density at radius 2 is 2.00 bits per heavy atom. The van der Waals surface area contributed by atoms with E-state index in [4.69, 9.17) is 5.73 Å². The number of phenolic OH excluding ortho intramolecular Hbond substituents is 1. The molecule has 0 unspecified atom stereocenters. The van der Waals surface area contributed by atoms with Gasteiger partial charge in [-0.15, -0.1) is 0 Å². The third kappa shape index (κ3) is 3.27. The lowest BCUT2D eigenvalue weighted by atomic mass is 10.0. The number of nitrogens with two attached hydrogens (primary N) is 1. The van der Waals surface area contributed by atoms with Crippen LogP contribution in [0.25, 0.3) is 0 Å². The van der Waals surface area contributed by atoms with Crippen molar-refractivity contribution in [3.05, 3.63) is 29.8 Å². The number of carbonyl (C=O) groups is 2. The topological polar surface area (TPSA) is 86.9 Å². The fourth-order valence-corrected chi connectivity index (χ4v) is 2.15. The van der Waals surface area contributed by atoms with Crippen molar-refractivity contribution < 1.29 is 14.7 Å². The maximum Gasteiger partial charge on any atom is 0.241 e. The largest absolute Gasteiger partial charge is 0.508 e. The molecule has 1 saturated heterocycles. The van der Waals surface area contributed by atoms with E-state index in [1.165, 1.54) is 4.90 Å². The lowest BCUT2D eigenvalue weighted by Gasteiger charge is -2.33. The van der Waals surface area contributed by atoms with Gasteiger partial charge < -0.3 is 20.6 Å². The van der Waals surface area contributed by atoms with E-state index < -0.39 is 6.04 Å². The van der Waals surface area contributed by atoms with Gasteiger partial charge in [-0.1, -0.05) is 12.1 Å². The van der Waals surface area contributed by atoms with E-state index in [0.717, 1.165) is 5.56 Å². The van der Waals surface area contributed by atoms with Crippen LogP contribution in [-0.2, 0) is 16.0 Å². The Hall–Kier alpha value is -2.08. The number of piperazine rings is 1. The number of likely N-dealkylation sites (N-methyl/N-ethyl adjacent to an activating group) is 1.